The Morgan fingerprint density at radius 1 is 0.750 bits per heavy atom. The van der Waals surface area contributed by atoms with Crippen molar-refractivity contribution in [1.82, 2.24) is 0 Å². The van der Waals surface area contributed by atoms with Gasteiger partial charge in [0.1, 0.15) is 48.6 Å². The molecule has 0 aromatic carbocycles. The van der Waals surface area contributed by atoms with E-state index in [9.17, 15) is 54.5 Å². The largest absolute Gasteiger partial charge is 0.511 e. The Morgan fingerprint density at radius 2 is 1.42 bits per heavy atom. The molecule has 0 aromatic heterocycles. The van der Waals surface area contributed by atoms with Crippen LogP contribution >= 0.6 is 0 Å². The number of ketones is 1. The number of Topliss-reactive ketones (excluding diaryl/α,β-unsaturated/α-hetero) is 1. The Kier molecular flexibility index (Phi) is 22.4. The molecule has 28 nitrogen and oxygen atoms in total. The van der Waals surface area contributed by atoms with Gasteiger partial charge in [0.15, 0.2) is 49.3 Å². The second-order valence-corrected chi connectivity index (χ2v) is 28.5. The first-order valence-electron chi connectivity index (χ1n) is 33.6. The van der Waals surface area contributed by atoms with Gasteiger partial charge >= 0.3 is 23.9 Å². The van der Waals surface area contributed by atoms with Crippen molar-refractivity contribution in [3.63, 3.8) is 0 Å². The van der Waals surface area contributed by atoms with Crippen molar-refractivity contribution in [3.05, 3.63) is 68.5 Å². The number of hydrogen-bond donors (Lipinski definition) is 5. The van der Waals surface area contributed by atoms with E-state index in [2.05, 4.69) is 0 Å². The minimum Gasteiger partial charge on any atom is -0.511 e. The van der Waals surface area contributed by atoms with E-state index >= 15 is 4.79 Å². The summed E-state index contributed by atoms with van der Waals surface area (Å²) in [5.74, 6) is -8.86. The van der Waals surface area contributed by atoms with Gasteiger partial charge in [-0.3, -0.25) is 29.3 Å². The molecule has 2 bridgehead atoms. The fraction of sp³-hybridized carbons (Fsp3) is 0.765. The first kappa shape index (κ1) is 73.3. The summed E-state index contributed by atoms with van der Waals surface area (Å²) < 4.78 is 87.0. The lowest BCUT2D eigenvalue weighted by Gasteiger charge is -2.57. The Labute approximate surface area is 557 Å². The van der Waals surface area contributed by atoms with Crippen molar-refractivity contribution in [2.75, 3.05) is 13.7 Å². The SMILES string of the molecule is COC(=O)[C@H]1O[C@@H](O[C@H]2C/C=C(\C)[C@@H]3C=C[C@@H]4[C@@H](O[C@H]5C[C@@H](O[C@H]6CC[C@@H](O[C@@H]7C[C@@H](O)[C@@H](O[C@H]8CC[C@@H](O)[C@H](C)O8)[C@H](C)O7)[C@H](C)O6)[C@@H](OC(C)=O)[C@H](COC(C)=O)O5)[C@@H](C)C[C@H](C)[C@H]4[C@]3(C)C(O)=C3C(=O)O[C@]4(CC(C=O)=C[C@H](O)[C@H]4/C=C/2C)C3=O)C[C@](C)([N+](=O)[O-])[C@H]1N. The lowest BCUT2D eigenvalue weighted by Crippen LogP contribution is -2.66. The molecule has 28 heteroatoms. The molecule has 10 aliphatic rings. The van der Waals surface area contributed by atoms with Gasteiger partial charge in [-0.05, 0) is 95.3 Å². The summed E-state index contributed by atoms with van der Waals surface area (Å²) in [5, 5.41) is 59.4. The fourth-order valence-corrected chi connectivity index (χ4v) is 16.7. The highest BCUT2D eigenvalue weighted by atomic mass is 16.8. The number of methoxy groups -OCH3 is 1. The van der Waals surface area contributed by atoms with E-state index in [0.29, 0.717) is 49.5 Å². The van der Waals surface area contributed by atoms with E-state index in [0.717, 1.165) is 7.11 Å². The standard InChI is InChI=1S/C68H96N2O26/c1-30-13-17-46(89-54-27-66(10,70(81)82)61(69)60(95-54)65(80)83-12)31(2)22-42-44(75)23-39(28-71)26-68(42)63(78)55(64(79)96-68)62(77)67(11)41(30)15-14-40-56(67)32(3)21-33(4)57(40)94-53-25-48(59(88-38(9)73)49(92-53)29-84-37(8)72)91-50-20-18-47(35(6)86-50)90-52-24-45(76)58(36(7)87-52)93-51-19-16-43(74)34(5)85-51/h13-15,22-23,28,32-36,40-54,56-61,74-77H,16-21,24-27,29,69H2,1-12H3/b30-13+,31-22+,62-55?/t32-,33-,34-,35-,36-,40-,41-,42+,43+,44-,45+,46-,47+,48+,49-,50-,51-,52+,53-,54+,56+,57-,58-,59+,60-,61-,66-,67+,68-/m0/s1. The highest BCUT2D eigenvalue weighted by Crippen LogP contribution is 2.61. The third kappa shape index (κ3) is 14.5. The quantitative estimate of drug-likeness (QED) is 0.0267. The number of allylic oxidation sites excluding steroid dienone is 3. The summed E-state index contributed by atoms with van der Waals surface area (Å²) in [6.07, 6.45) is -7.08. The predicted molar refractivity (Wildman–Crippen MR) is 331 cm³/mol. The van der Waals surface area contributed by atoms with E-state index in [1.165, 1.54) is 32.9 Å². The lowest BCUT2D eigenvalue weighted by molar-refractivity contribution is -0.583. The number of carbonyl (C=O) groups is 6. The molecule has 1 spiro atoms. The topological polar surface area (TPSA) is 382 Å². The summed E-state index contributed by atoms with van der Waals surface area (Å²) in [6.45, 7) is 18.0. The van der Waals surface area contributed by atoms with Gasteiger partial charge in [-0.15, -0.1) is 0 Å². The molecule has 29 atom stereocenters. The van der Waals surface area contributed by atoms with E-state index in [-0.39, 0.29) is 43.3 Å². The van der Waals surface area contributed by atoms with Crippen LogP contribution in [0.15, 0.2) is 58.4 Å². The van der Waals surface area contributed by atoms with Crippen LogP contribution in [0.1, 0.15) is 140 Å². The predicted octanol–water partition coefficient (Wildman–Crippen LogP) is 4.66. The van der Waals surface area contributed by atoms with E-state index in [1.54, 1.807) is 27.7 Å². The van der Waals surface area contributed by atoms with Gasteiger partial charge in [-0.2, -0.15) is 0 Å². The summed E-state index contributed by atoms with van der Waals surface area (Å²) in [6, 6.07) is -1.44. The molecule has 0 unspecified atom stereocenters. The van der Waals surface area contributed by atoms with Crippen molar-refractivity contribution in [3.8, 4) is 0 Å². The summed E-state index contributed by atoms with van der Waals surface area (Å²) in [5.41, 5.74) is 0.892. The van der Waals surface area contributed by atoms with Crippen LogP contribution in [0.3, 0.4) is 0 Å². The van der Waals surface area contributed by atoms with Crippen LogP contribution in [0, 0.1) is 51.0 Å². The van der Waals surface area contributed by atoms with E-state index < -0.39 is 222 Å². The number of aliphatic hydroxyl groups is 4. The first-order valence-corrected chi connectivity index (χ1v) is 33.6. The molecule has 6 N–H and O–H groups in total. The van der Waals surface area contributed by atoms with Crippen molar-refractivity contribution in [2.45, 2.75) is 274 Å². The molecule has 10 rings (SSSR count). The number of ether oxygens (including phenoxy) is 14. The van der Waals surface area contributed by atoms with Gasteiger partial charge < -0.3 is 92.5 Å². The molecule has 0 aromatic rings. The molecule has 4 aliphatic carbocycles. The molecule has 7 fully saturated rings. The molecule has 6 saturated heterocycles. The van der Waals surface area contributed by atoms with Crippen LogP contribution in [0.25, 0.3) is 0 Å². The summed E-state index contributed by atoms with van der Waals surface area (Å²) in [4.78, 5) is 93.6. The highest BCUT2D eigenvalue weighted by Gasteiger charge is 2.65. The molecule has 0 amide bonds. The van der Waals surface area contributed by atoms with Gasteiger partial charge in [0.2, 0.25) is 11.3 Å². The Hall–Kier alpha value is -5.44. The molecule has 1 saturated carbocycles. The highest BCUT2D eigenvalue weighted by molar-refractivity contribution is 6.26. The number of aldehydes is 1. The number of hydrogen-bond acceptors (Lipinski definition) is 27. The Balaban J connectivity index is 0.936. The smallest absolute Gasteiger partial charge is 0.346 e. The molecule has 534 valence electrons. The average molecular weight is 1360 g/mol. The minimum absolute atomic E-state index is 0.0208. The molecule has 6 aliphatic heterocycles. The van der Waals surface area contributed by atoms with Gasteiger partial charge in [-0.25, -0.2) is 9.59 Å². The van der Waals surface area contributed by atoms with E-state index in [4.69, 9.17) is 72.0 Å². The zero-order chi connectivity index (χ0) is 69.8. The number of fused-ring (bicyclic) bond motifs is 4. The Morgan fingerprint density at radius 3 is 2.07 bits per heavy atom. The van der Waals surface area contributed by atoms with E-state index in [1.807, 2.05) is 45.9 Å². The van der Waals surface area contributed by atoms with Gasteiger partial charge in [-0.1, -0.05) is 50.6 Å². The van der Waals surface area contributed by atoms with Gasteiger partial charge in [0.05, 0.1) is 74.4 Å². The molecule has 6 heterocycles. The van der Waals surface area contributed by atoms with Crippen molar-refractivity contribution < 1.29 is 120 Å². The van der Waals surface area contributed by atoms with Crippen LogP contribution in [0.4, 0.5) is 0 Å². The zero-order valence-electron chi connectivity index (χ0n) is 56.5. The average Bonchev–Trinajstić information content (AvgIpc) is 1.14. The molecular weight excluding hydrogens is 1260 g/mol. The van der Waals surface area contributed by atoms with Crippen molar-refractivity contribution in [2.24, 2.45) is 46.7 Å². The number of esters is 4. The number of nitrogens with two attached hydrogens (primary N) is 1. The Bertz CT molecular complexity index is 3080. The first-order chi connectivity index (χ1) is 45.3. The van der Waals surface area contributed by atoms with Gasteiger partial charge in [0.25, 0.3) is 0 Å². The molecular formula is C68H96N2O26. The number of rotatable bonds is 16. The maximum Gasteiger partial charge on any atom is 0.346 e. The number of carbonyl (C=O) groups excluding carboxylic acids is 6. The zero-order valence-corrected chi connectivity index (χ0v) is 56.5. The van der Waals surface area contributed by atoms with Gasteiger partial charge in [0, 0.05) is 75.0 Å². The third-order valence-corrected chi connectivity index (χ3v) is 21.8. The molecule has 0 radical (unpaired) electrons. The van der Waals surface area contributed by atoms with Crippen LogP contribution in [-0.4, -0.2) is 209 Å². The number of nitro groups is 1. The van der Waals surface area contributed by atoms with Crippen molar-refractivity contribution in [1.29, 1.82) is 0 Å². The number of aliphatic hydroxyl groups excluding tert-OH is 4. The van der Waals surface area contributed by atoms with Crippen molar-refractivity contribution >= 4 is 35.9 Å². The lowest BCUT2D eigenvalue weighted by atomic mass is 9.49. The van der Waals surface area contributed by atoms with Crippen LogP contribution in [0.2, 0.25) is 0 Å². The second kappa shape index (κ2) is 29.4. The third-order valence-electron chi connectivity index (χ3n) is 21.8. The maximum absolute atomic E-state index is 15.6. The summed E-state index contributed by atoms with van der Waals surface area (Å²) in [7, 11) is 1.09. The molecule has 96 heavy (non-hydrogen) atoms. The minimum atomic E-state index is -2.26. The van der Waals surface area contributed by atoms with Crippen LogP contribution in [-0.2, 0) is 95.1 Å². The van der Waals surface area contributed by atoms with Crippen LogP contribution < -0.4 is 5.73 Å². The van der Waals surface area contributed by atoms with Crippen LogP contribution in [0.5, 0.6) is 0 Å². The normalized spacial score (nSPS) is 46.2. The number of nitrogens with zero attached hydrogens (tertiary/aromatic N) is 1. The maximum atomic E-state index is 15.6. The fourth-order valence-electron chi connectivity index (χ4n) is 16.7. The monoisotopic (exact) mass is 1360 g/mol. The second-order valence-electron chi connectivity index (χ2n) is 28.5. The summed E-state index contributed by atoms with van der Waals surface area (Å²) >= 11 is 0.